The number of halogens is 1. The van der Waals surface area contributed by atoms with Crippen molar-refractivity contribution < 1.29 is 4.39 Å². The van der Waals surface area contributed by atoms with Crippen LogP contribution < -0.4 is 0 Å². The van der Waals surface area contributed by atoms with Crippen LogP contribution in [0.1, 0.15) is 60.5 Å². The third-order valence-corrected chi connectivity index (χ3v) is 6.70. The van der Waals surface area contributed by atoms with Crippen molar-refractivity contribution >= 4 is 21.7 Å². The molecule has 30 heavy (non-hydrogen) atoms. The Morgan fingerprint density at radius 2 is 1.60 bits per heavy atom. The van der Waals surface area contributed by atoms with Crippen molar-refractivity contribution in [1.29, 1.82) is 0 Å². The standard InChI is InChI=1S/C27H27FN2/c1-16-15-22-13-14-23-26(29-18(3)30-27(23)24(22)17(2)25(16)28)21-11-9-20(10-12-21)19-7-5-4-6-8-19/h9-15,19H,4-8H2,1-3H3. The lowest BCUT2D eigenvalue weighted by Crippen LogP contribution is -2.04. The van der Waals surface area contributed by atoms with Gasteiger partial charge < -0.3 is 0 Å². The van der Waals surface area contributed by atoms with Crippen LogP contribution in [-0.4, -0.2) is 9.97 Å². The number of fused-ring (bicyclic) bond motifs is 3. The molecular formula is C27H27FN2. The van der Waals surface area contributed by atoms with E-state index in [-0.39, 0.29) is 5.82 Å². The van der Waals surface area contributed by atoms with E-state index in [0.717, 1.165) is 32.9 Å². The molecule has 0 N–H and O–H groups in total. The van der Waals surface area contributed by atoms with Gasteiger partial charge in [-0.2, -0.15) is 0 Å². The number of aromatic nitrogens is 2. The van der Waals surface area contributed by atoms with Crippen LogP contribution in [0.25, 0.3) is 32.9 Å². The Hall–Kier alpha value is -2.81. The van der Waals surface area contributed by atoms with E-state index in [2.05, 4.69) is 36.4 Å². The topological polar surface area (TPSA) is 25.8 Å². The quantitative estimate of drug-likeness (QED) is 0.326. The van der Waals surface area contributed by atoms with E-state index in [0.29, 0.717) is 22.9 Å². The van der Waals surface area contributed by atoms with E-state index in [4.69, 9.17) is 9.97 Å². The highest BCUT2D eigenvalue weighted by Gasteiger charge is 2.17. The van der Waals surface area contributed by atoms with Crippen molar-refractivity contribution in [3.8, 4) is 11.3 Å². The minimum atomic E-state index is -0.148. The molecule has 1 aliphatic rings. The molecule has 0 saturated heterocycles. The van der Waals surface area contributed by atoms with Crippen molar-refractivity contribution in [1.82, 2.24) is 9.97 Å². The summed E-state index contributed by atoms with van der Waals surface area (Å²) in [5.41, 5.74) is 5.62. The molecule has 3 heteroatoms. The first-order valence-electron chi connectivity index (χ1n) is 11.0. The second-order valence-electron chi connectivity index (χ2n) is 8.77. The Bertz CT molecular complexity index is 1250. The van der Waals surface area contributed by atoms with Crippen LogP contribution in [0.3, 0.4) is 0 Å². The van der Waals surface area contributed by atoms with Crippen molar-refractivity contribution in [2.45, 2.75) is 58.8 Å². The molecule has 0 amide bonds. The molecule has 5 rings (SSSR count). The molecule has 1 aliphatic carbocycles. The first-order valence-corrected chi connectivity index (χ1v) is 11.0. The summed E-state index contributed by atoms with van der Waals surface area (Å²) in [6.45, 7) is 5.58. The fourth-order valence-electron chi connectivity index (χ4n) is 5.11. The number of hydrogen-bond donors (Lipinski definition) is 0. The van der Waals surface area contributed by atoms with Gasteiger partial charge in [0.05, 0.1) is 11.2 Å². The molecular weight excluding hydrogens is 371 g/mol. The highest BCUT2D eigenvalue weighted by Crippen LogP contribution is 2.36. The maximum atomic E-state index is 14.7. The lowest BCUT2D eigenvalue weighted by Gasteiger charge is -2.22. The summed E-state index contributed by atoms with van der Waals surface area (Å²) in [6.07, 6.45) is 6.64. The monoisotopic (exact) mass is 398 g/mol. The van der Waals surface area contributed by atoms with Crippen molar-refractivity contribution in [3.63, 3.8) is 0 Å². The zero-order valence-corrected chi connectivity index (χ0v) is 17.9. The van der Waals surface area contributed by atoms with Gasteiger partial charge in [0.2, 0.25) is 0 Å². The zero-order valence-electron chi connectivity index (χ0n) is 17.9. The van der Waals surface area contributed by atoms with Gasteiger partial charge in [-0.25, -0.2) is 14.4 Å². The van der Waals surface area contributed by atoms with Crippen LogP contribution >= 0.6 is 0 Å². The molecule has 152 valence electrons. The fourth-order valence-corrected chi connectivity index (χ4v) is 5.11. The van der Waals surface area contributed by atoms with E-state index in [1.165, 1.54) is 37.7 Å². The summed E-state index contributed by atoms with van der Waals surface area (Å²) in [7, 11) is 0. The molecule has 0 aliphatic heterocycles. The smallest absolute Gasteiger partial charge is 0.129 e. The molecule has 4 aromatic rings. The van der Waals surface area contributed by atoms with Crippen LogP contribution in [0.15, 0.2) is 42.5 Å². The average Bonchev–Trinajstić information content (AvgIpc) is 2.77. The summed E-state index contributed by atoms with van der Waals surface area (Å²) in [4.78, 5) is 9.52. The van der Waals surface area contributed by atoms with Crippen molar-refractivity contribution in [2.24, 2.45) is 0 Å². The molecule has 0 spiro atoms. The summed E-state index contributed by atoms with van der Waals surface area (Å²) >= 11 is 0. The van der Waals surface area contributed by atoms with Gasteiger partial charge in [0.1, 0.15) is 11.6 Å². The summed E-state index contributed by atoms with van der Waals surface area (Å²) in [6, 6.07) is 15.0. The van der Waals surface area contributed by atoms with Gasteiger partial charge in [-0.15, -0.1) is 0 Å². The highest BCUT2D eigenvalue weighted by atomic mass is 19.1. The minimum absolute atomic E-state index is 0.148. The first-order chi connectivity index (χ1) is 14.5. The molecule has 1 fully saturated rings. The van der Waals surface area contributed by atoms with Crippen LogP contribution in [0.4, 0.5) is 4.39 Å². The van der Waals surface area contributed by atoms with Gasteiger partial charge in [0.25, 0.3) is 0 Å². The molecule has 0 bridgehead atoms. The predicted molar refractivity (Wildman–Crippen MR) is 122 cm³/mol. The number of nitrogens with zero attached hydrogens (tertiary/aromatic N) is 2. The Morgan fingerprint density at radius 1 is 0.867 bits per heavy atom. The first kappa shape index (κ1) is 19.2. The third-order valence-electron chi connectivity index (χ3n) is 6.70. The van der Waals surface area contributed by atoms with Crippen molar-refractivity contribution in [3.05, 3.63) is 70.8 Å². The molecule has 1 aromatic heterocycles. The maximum Gasteiger partial charge on any atom is 0.129 e. The van der Waals surface area contributed by atoms with E-state index in [1.807, 2.05) is 26.8 Å². The largest absolute Gasteiger partial charge is 0.233 e. The SMILES string of the molecule is Cc1nc(-c2ccc(C3CCCCC3)cc2)c2ccc3cc(C)c(F)c(C)c3c2n1. The Balaban J connectivity index is 1.68. The van der Waals surface area contributed by atoms with Crippen LogP contribution in [0.5, 0.6) is 0 Å². The van der Waals surface area contributed by atoms with Gasteiger partial charge >= 0.3 is 0 Å². The van der Waals surface area contributed by atoms with Crippen LogP contribution in [0.2, 0.25) is 0 Å². The van der Waals surface area contributed by atoms with Crippen molar-refractivity contribution in [2.75, 3.05) is 0 Å². The molecule has 1 heterocycles. The molecule has 0 unspecified atom stereocenters. The van der Waals surface area contributed by atoms with E-state index in [1.54, 1.807) is 0 Å². The summed E-state index contributed by atoms with van der Waals surface area (Å²) in [5.74, 6) is 1.25. The molecule has 0 radical (unpaired) electrons. The summed E-state index contributed by atoms with van der Waals surface area (Å²) in [5, 5.41) is 2.89. The molecule has 0 atom stereocenters. The number of aryl methyl sites for hydroxylation is 3. The Labute approximate surface area is 177 Å². The lowest BCUT2D eigenvalue weighted by atomic mass is 9.84. The van der Waals surface area contributed by atoms with Gasteiger partial charge in [-0.3, -0.25) is 0 Å². The van der Waals surface area contributed by atoms with Crippen LogP contribution in [-0.2, 0) is 0 Å². The Kier molecular flexibility index (Phi) is 4.77. The second-order valence-corrected chi connectivity index (χ2v) is 8.77. The Morgan fingerprint density at radius 3 is 2.33 bits per heavy atom. The lowest BCUT2D eigenvalue weighted by molar-refractivity contribution is 0.443. The second kappa shape index (κ2) is 7.46. The number of hydrogen-bond acceptors (Lipinski definition) is 2. The van der Waals surface area contributed by atoms with E-state index in [9.17, 15) is 4.39 Å². The predicted octanol–water partition coefficient (Wildman–Crippen LogP) is 7.56. The van der Waals surface area contributed by atoms with E-state index < -0.39 is 0 Å². The number of rotatable bonds is 2. The summed E-state index contributed by atoms with van der Waals surface area (Å²) < 4.78 is 14.7. The highest BCUT2D eigenvalue weighted by molar-refractivity contribution is 6.10. The van der Waals surface area contributed by atoms with E-state index >= 15 is 0 Å². The van der Waals surface area contributed by atoms with Gasteiger partial charge in [-0.05, 0) is 73.7 Å². The minimum Gasteiger partial charge on any atom is -0.233 e. The van der Waals surface area contributed by atoms with Crippen LogP contribution in [0, 0.1) is 26.6 Å². The van der Waals surface area contributed by atoms with Gasteiger partial charge in [-0.1, -0.05) is 49.6 Å². The number of benzene rings is 3. The zero-order chi connectivity index (χ0) is 20.8. The maximum absolute atomic E-state index is 14.7. The fraction of sp³-hybridized carbons (Fsp3) is 0.333. The molecule has 3 aromatic carbocycles. The molecule has 1 saturated carbocycles. The third kappa shape index (κ3) is 3.17. The van der Waals surface area contributed by atoms with Gasteiger partial charge in [0.15, 0.2) is 0 Å². The molecule has 2 nitrogen and oxygen atoms in total. The normalized spacial score (nSPS) is 15.2. The average molecular weight is 399 g/mol. The van der Waals surface area contributed by atoms with Gasteiger partial charge in [0, 0.05) is 16.3 Å².